The Hall–Kier alpha value is -8.14. The number of allylic oxidation sites excluding steroid dienone is 4. The Labute approximate surface area is 621 Å². The summed E-state index contributed by atoms with van der Waals surface area (Å²) in [6, 6.07) is 8.61. The molecule has 0 unspecified atom stereocenters. The minimum absolute atomic E-state index is 0.0464. The van der Waals surface area contributed by atoms with E-state index in [0.29, 0.717) is 84.9 Å². The van der Waals surface area contributed by atoms with Gasteiger partial charge >= 0.3 is 11.9 Å². The van der Waals surface area contributed by atoms with Crippen molar-refractivity contribution in [3.8, 4) is 23.3 Å². The molecule has 4 aliphatic carbocycles. The SMILES string of the molecule is COc1ccc2nc(O[C@@H]3C[C@H]4C(=O)C[C@]5(C(=O)NS(=O)(=O)C6CC6)C[C@H]5/C=C\[C@@H](C)CCC[C@@H](C)[C@H](CC(=O)OC(C)(C)C)C(=O)N4C3)cnc2c1.COc1ccc2nc(O[C@@H]3C[C@H]4C(=O)C[C@]5(C(=O)NS(=O)(=O)C6CC6)C[C@H]5/C=C\[C@H](C)CCC[C@@H](C)[C@H](CC(=O)OC(C)(C)C)C(=O)N4C3)cnc2c1. The molecule has 576 valence electrons. The summed E-state index contributed by atoms with van der Waals surface area (Å²) in [6.07, 6.45) is 16.3. The molecule has 0 radical (unpaired) electrons. The highest BCUT2D eigenvalue weighted by Crippen LogP contribution is 2.59. The average molecular weight is 1510 g/mol. The standard InChI is InChI=1S/2C39H52N4O9S/c2*1-23-8-7-9-24(2)29(18-35(45)52-38(3,4)5)36(46)43-22-27(51-34-21-40-31-16-26(50-6)12-15-30(31)41-34)17-32(43)33(44)20-39(19-25(39)11-10-23)37(47)42-53(48,49)28-13-14-28/h2*10-12,15-16,21,23-25,27-29,32H,7-9,13-14,17-20,22H2,1-6H3,(H,42,47)/b2*11-10-/t23-,24+,25+,27+,29-,32-,39+;23-,24-,25-,27-,29+,32+,39-/m01/s1. The number of carbonyl (C=O) groups excluding carboxylic acids is 8. The lowest BCUT2D eigenvalue weighted by Crippen LogP contribution is -2.47. The molecule has 6 heterocycles. The molecule has 4 aromatic rings. The number of esters is 2. The maximum Gasteiger partial charge on any atom is 0.307 e. The molecule has 4 amide bonds. The lowest BCUT2D eigenvalue weighted by Gasteiger charge is -2.32. The molecule has 8 aliphatic rings. The first-order valence-corrected chi connectivity index (χ1v) is 40.6. The molecule has 26 nitrogen and oxygen atoms in total. The molecule has 2 saturated heterocycles. The largest absolute Gasteiger partial charge is 0.497 e. The zero-order chi connectivity index (χ0) is 76.6. The minimum atomic E-state index is -3.85. The van der Waals surface area contributed by atoms with Crippen LogP contribution in [0.5, 0.6) is 23.3 Å². The Bertz CT molecular complexity index is 4050. The number of hydrogen-bond donors (Lipinski definition) is 2. The van der Waals surface area contributed by atoms with E-state index in [1.165, 1.54) is 22.2 Å². The van der Waals surface area contributed by atoms with E-state index < -0.39 is 112 Å². The average Bonchev–Trinajstić information content (AvgIpc) is 1.58. The van der Waals surface area contributed by atoms with Crippen molar-refractivity contribution in [3.63, 3.8) is 0 Å². The third-order valence-electron chi connectivity index (χ3n) is 22.0. The first kappa shape index (κ1) is 78.9. The van der Waals surface area contributed by atoms with Crippen LogP contribution in [0.2, 0.25) is 0 Å². The number of Topliss-reactive ketones (excluding diaryl/α,β-unsaturated/α-hetero) is 2. The summed E-state index contributed by atoms with van der Waals surface area (Å²) in [4.78, 5) is 134. The predicted molar refractivity (Wildman–Crippen MR) is 392 cm³/mol. The van der Waals surface area contributed by atoms with Crippen molar-refractivity contribution in [3.05, 3.63) is 73.1 Å². The fourth-order valence-electron chi connectivity index (χ4n) is 15.4. The van der Waals surface area contributed by atoms with Crippen molar-refractivity contribution < 1.29 is 83.6 Å². The number of benzene rings is 2. The Morgan fingerprint density at radius 3 is 1.25 bits per heavy atom. The molecule has 12 rings (SSSR count). The number of nitrogens with one attached hydrogen (secondary N) is 2. The van der Waals surface area contributed by atoms with Gasteiger partial charge in [-0.25, -0.2) is 36.8 Å². The lowest BCUT2D eigenvalue weighted by molar-refractivity contribution is -0.160. The quantitative estimate of drug-likeness (QED) is 0.0778. The van der Waals surface area contributed by atoms with E-state index in [0.717, 1.165) is 25.7 Å². The summed E-state index contributed by atoms with van der Waals surface area (Å²) >= 11 is 0. The van der Waals surface area contributed by atoms with E-state index in [-0.39, 0.29) is 122 Å². The molecule has 2 aromatic heterocycles. The maximum atomic E-state index is 14.7. The second kappa shape index (κ2) is 31.6. The van der Waals surface area contributed by atoms with Gasteiger partial charge in [-0.05, 0) is 166 Å². The number of methoxy groups -OCH3 is 2. The number of amides is 4. The smallest absolute Gasteiger partial charge is 0.307 e. The van der Waals surface area contributed by atoms with Crippen LogP contribution in [0.4, 0.5) is 0 Å². The first-order valence-electron chi connectivity index (χ1n) is 37.5. The summed E-state index contributed by atoms with van der Waals surface area (Å²) in [5, 5.41) is -1.20. The van der Waals surface area contributed by atoms with Gasteiger partial charge < -0.3 is 38.2 Å². The van der Waals surface area contributed by atoms with Gasteiger partial charge in [-0.2, -0.15) is 0 Å². The zero-order valence-corrected chi connectivity index (χ0v) is 64.6. The number of sulfonamides is 2. The molecule has 4 aliphatic heterocycles. The second-order valence-corrected chi connectivity index (χ2v) is 36.9. The van der Waals surface area contributed by atoms with E-state index in [4.69, 9.17) is 28.4 Å². The Balaban J connectivity index is 0.000000212. The van der Waals surface area contributed by atoms with Crippen LogP contribution in [0.3, 0.4) is 0 Å². The zero-order valence-electron chi connectivity index (χ0n) is 63.0. The predicted octanol–water partition coefficient (Wildman–Crippen LogP) is 9.84. The molecule has 106 heavy (non-hydrogen) atoms. The number of nitrogens with zero attached hydrogens (tertiary/aromatic N) is 6. The third-order valence-corrected chi connectivity index (χ3v) is 25.7. The van der Waals surface area contributed by atoms with Crippen molar-refractivity contribution >= 4 is 89.2 Å². The van der Waals surface area contributed by atoms with Gasteiger partial charge in [0.25, 0.3) is 0 Å². The van der Waals surface area contributed by atoms with Gasteiger partial charge in [0.05, 0.1) is 120 Å². The van der Waals surface area contributed by atoms with Crippen molar-refractivity contribution in [2.75, 3.05) is 27.3 Å². The van der Waals surface area contributed by atoms with E-state index in [1.54, 1.807) is 92.2 Å². The van der Waals surface area contributed by atoms with Gasteiger partial charge in [0.2, 0.25) is 55.4 Å². The monoisotopic (exact) mass is 1500 g/mol. The number of fused-ring (bicyclic) bond motifs is 6. The van der Waals surface area contributed by atoms with Crippen LogP contribution in [0.15, 0.2) is 73.1 Å². The Kier molecular flexibility index (Phi) is 23.5. The van der Waals surface area contributed by atoms with Crippen LogP contribution in [0.1, 0.15) is 185 Å². The Morgan fingerprint density at radius 1 is 0.528 bits per heavy atom. The normalized spacial score (nSPS) is 30.3. The topological polar surface area (TPSA) is 342 Å². The molecular weight excluding hydrogens is 1400 g/mol. The van der Waals surface area contributed by atoms with Gasteiger partial charge in [-0.3, -0.25) is 47.8 Å². The highest BCUT2D eigenvalue weighted by Gasteiger charge is 2.63. The van der Waals surface area contributed by atoms with Crippen molar-refractivity contribution in [1.82, 2.24) is 39.2 Å². The highest BCUT2D eigenvalue weighted by atomic mass is 32.2. The van der Waals surface area contributed by atoms with Gasteiger partial charge in [0.1, 0.15) is 34.9 Å². The third kappa shape index (κ3) is 19.2. The number of ether oxygens (including phenoxy) is 6. The maximum absolute atomic E-state index is 14.7. The van der Waals surface area contributed by atoms with E-state index in [1.807, 2.05) is 38.2 Å². The number of aromatic nitrogens is 4. The second-order valence-electron chi connectivity index (χ2n) is 33.0. The van der Waals surface area contributed by atoms with E-state index >= 15 is 0 Å². The molecule has 2 N–H and O–H groups in total. The van der Waals surface area contributed by atoms with Crippen molar-refractivity contribution in [2.24, 2.45) is 58.2 Å². The van der Waals surface area contributed by atoms with Gasteiger partial charge in [0.15, 0.2) is 11.6 Å². The summed E-state index contributed by atoms with van der Waals surface area (Å²) in [5.74, 6) is -4.33. The molecule has 0 spiro atoms. The molecule has 14 atom stereocenters. The van der Waals surface area contributed by atoms with Crippen LogP contribution < -0.4 is 28.4 Å². The van der Waals surface area contributed by atoms with Crippen molar-refractivity contribution in [2.45, 2.75) is 231 Å². The molecule has 0 bridgehead atoms. The van der Waals surface area contributed by atoms with Gasteiger partial charge in [0, 0.05) is 37.8 Å². The van der Waals surface area contributed by atoms with Crippen LogP contribution in [-0.4, -0.2) is 167 Å². The fourth-order valence-corrected chi connectivity index (χ4v) is 18.2. The molecular formula is C78H104N8O18S2. The lowest BCUT2D eigenvalue weighted by atomic mass is 9.84. The molecule has 4 saturated carbocycles. The summed E-state index contributed by atoms with van der Waals surface area (Å²) < 4.78 is 90.6. The van der Waals surface area contributed by atoms with Gasteiger partial charge in [-0.15, -0.1) is 0 Å². The number of hydrogen-bond acceptors (Lipinski definition) is 22. The van der Waals surface area contributed by atoms with E-state index in [2.05, 4.69) is 43.2 Å². The first-order chi connectivity index (χ1) is 49.9. The fraction of sp³-hybridized carbons (Fsp3) is 0.641. The van der Waals surface area contributed by atoms with Crippen LogP contribution in [0.25, 0.3) is 22.1 Å². The summed E-state index contributed by atoms with van der Waals surface area (Å²) in [6.45, 7) is 18.8. The minimum Gasteiger partial charge on any atom is -0.497 e. The van der Waals surface area contributed by atoms with Crippen LogP contribution >= 0.6 is 0 Å². The number of carbonyl (C=O) groups is 8. The van der Waals surface area contributed by atoms with Crippen molar-refractivity contribution in [1.29, 1.82) is 0 Å². The number of rotatable bonds is 16. The molecule has 6 fully saturated rings. The summed E-state index contributed by atoms with van der Waals surface area (Å²) in [7, 11) is -4.57. The van der Waals surface area contributed by atoms with Crippen LogP contribution in [-0.2, 0) is 67.9 Å². The van der Waals surface area contributed by atoms with Gasteiger partial charge in [-0.1, -0.05) is 64.8 Å². The summed E-state index contributed by atoms with van der Waals surface area (Å²) in [5.41, 5.74) is -1.63. The Morgan fingerprint density at radius 2 is 0.906 bits per heavy atom. The molecule has 28 heteroatoms. The number of ketones is 2. The highest BCUT2D eigenvalue weighted by molar-refractivity contribution is 7.91. The van der Waals surface area contributed by atoms with Crippen LogP contribution in [0, 0.1) is 58.2 Å². The molecule has 2 aromatic carbocycles. The van der Waals surface area contributed by atoms with E-state index in [9.17, 15) is 55.2 Å².